The van der Waals surface area contributed by atoms with Crippen molar-refractivity contribution in [3.63, 3.8) is 0 Å². The van der Waals surface area contributed by atoms with Crippen molar-refractivity contribution in [1.29, 1.82) is 0 Å². The van der Waals surface area contributed by atoms with E-state index in [0.29, 0.717) is 6.54 Å². The fraction of sp³-hybridized carbons (Fsp3) is 0.500. The summed E-state index contributed by atoms with van der Waals surface area (Å²) in [6, 6.07) is 7.73. The maximum atomic E-state index is 11.2. The second-order valence-electron chi connectivity index (χ2n) is 4.84. The van der Waals surface area contributed by atoms with Crippen LogP contribution in [0.5, 0.6) is 0 Å². The molecule has 2 N–H and O–H groups in total. The lowest BCUT2D eigenvalue weighted by molar-refractivity contribution is -0.143. The lowest BCUT2D eigenvalue weighted by Gasteiger charge is -2.29. The molecule has 18 heavy (non-hydrogen) atoms. The summed E-state index contributed by atoms with van der Waals surface area (Å²) >= 11 is 5.83. The highest BCUT2D eigenvalue weighted by Crippen LogP contribution is 2.25. The van der Waals surface area contributed by atoms with Gasteiger partial charge in [-0.3, -0.25) is 4.79 Å². The molecular formula is C14H18ClNO2. The maximum Gasteiger partial charge on any atom is 0.308 e. The number of carboxylic acids is 1. The average Bonchev–Trinajstić information content (AvgIpc) is 2.38. The first kappa shape index (κ1) is 13.4. The number of rotatable bonds is 4. The fourth-order valence-electron chi connectivity index (χ4n) is 2.52. The largest absolute Gasteiger partial charge is 0.481 e. The van der Waals surface area contributed by atoms with Crippen molar-refractivity contribution in [3.8, 4) is 0 Å². The van der Waals surface area contributed by atoms with E-state index in [9.17, 15) is 9.90 Å². The lowest BCUT2D eigenvalue weighted by atomic mass is 9.84. The summed E-state index contributed by atoms with van der Waals surface area (Å²) in [5, 5.41) is 13.3. The van der Waals surface area contributed by atoms with Gasteiger partial charge >= 0.3 is 5.97 Å². The molecule has 0 heterocycles. The van der Waals surface area contributed by atoms with E-state index in [1.54, 1.807) is 0 Å². The molecule has 2 rings (SSSR count). The molecule has 98 valence electrons. The Morgan fingerprint density at radius 2 is 1.94 bits per heavy atom. The van der Waals surface area contributed by atoms with Crippen LogP contribution in [0.15, 0.2) is 24.3 Å². The van der Waals surface area contributed by atoms with Gasteiger partial charge in [-0.15, -0.1) is 0 Å². The summed E-state index contributed by atoms with van der Waals surface area (Å²) in [7, 11) is 0. The van der Waals surface area contributed by atoms with Gasteiger partial charge in [-0.2, -0.15) is 0 Å². The highest BCUT2D eigenvalue weighted by Gasteiger charge is 2.30. The lowest BCUT2D eigenvalue weighted by Crippen LogP contribution is -2.41. The Labute approximate surface area is 112 Å². The molecule has 1 aromatic rings. The maximum absolute atomic E-state index is 11.2. The van der Waals surface area contributed by atoms with Crippen LogP contribution in [0.25, 0.3) is 0 Å². The van der Waals surface area contributed by atoms with Crippen molar-refractivity contribution in [3.05, 3.63) is 34.9 Å². The smallest absolute Gasteiger partial charge is 0.308 e. The Bertz CT molecular complexity index is 405. The summed E-state index contributed by atoms with van der Waals surface area (Å²) < 4.78 is 0. The molecule has 1 aromatic carbocycles. The van der Waals surface area contributed by atoms with Gasteiger partial charge in [0.25, 0.3) is 0 Å². The molecule has 1 fully saturated rings. The quantitative estimate of drug-likeness (QED) is 0.881. The third-order valence-corrected chi connectivity index (χ3v) is 3.82. The van der Waals surface area contributed by atoms with Crippen molar-refractivity contribution in [2.75, 3.05) is 0 Å². The van der Waals surface area contributed by atoms with Gasteiger partial charge in [0, 0.05) is 17.6 Å². The molecule has 0 bridgehead atoms. The molecule has 1 saturated carbocycles. The number of hydrogen-bond donors (Lipinski definition) is 2. The normalized spacial score (nSPS) is 23.8. The van der Waals surface area contributed by atoms with Gasteiger partial charge in [-0.25, -0.2) is 0 Å². The molecule has 0 amide bonds. The first-order chi connectivity index (χ1) is 8.66. The fourth-order valence-corrected chi connectivity index (χ4v) is 2.65. The molecule has 0 aliphatic heterocycles. The predicted molar refractivity (Wildman–Crippen MR) is 71.7 cm³/mol. The molecular weight excluding hydrogens is 250 g/mol. The minimum absolute atomic E-state index is 0.0897. The van der Waals surface area contributed by atoms with E-state index in [1.807, 2.05) is 24.3 Å². The van der Waals surface area contributed by atoms with Gasteiger partial charge < -0.3 is 10.4 Å². The summed E-state index contributed by atoms with van der Waals surface area (Å²) in [4.78, 5) is 11.2. The third kappa shape index (κ3) is 3.47. The van der Waals surface area contributed by atoms with E-state index in [1.165, 1.54) is 0 Å². The topological polar surface area (TPSA) is 49.3 Å². The van der Waals surface area contributed by atoms with Gasteiger partial charge in [0.1, 0.15) is 0 Å². The predicted octanol–water partition coefficient (Wildman–Crippen LogP) is 3.07. The first-order valence-electron chi connectivity index (χ1n) is 6.37. The number of carbonyl (C=O) groups is 1. The molecule has 1 aliphatic carbocycles. The van der Waals surface area contributed by atoms with Crippen LogP contribution in [0.2, 0.25) is 5.02 Å². The van der Waals surface area contributed by atoms with Crippen LogP contribution in [0, 0.1) is 5.92 Å². The van der Waals surface area contributed by atoms with E-state index in [-0.39, 0.29) is 12.0 Å². The summed E-state index contributed by atoms with van der Waals surface area (Å²) in [5.41, 5.74) is 1.13. The van der Waals surface area contributed by atoms with Gasteiger partial charge in [-0.05, 0) is 30.5 Å². The summed E-state index contributed by atoms with van der Waals surface area (Å²) in [6.45, 7) is 0.700. The summed E-state index contributed by atoms with van der Waals surface area (Å²) in [5.74, 6) is -0.922. The van der Waals surface area contributed by atoms with E-state index in [0.717, 1.165) is 36.3 Å². The number of carboxylic acid groups (broad SMARTS) is 1. The zero-order valence-electron chi connectivity index (χ0n) is 10.2. The number of hydrogen-bond acceptors (Lipinski definition) is 2. The standard InChI is InChI=1S/C14H18ClNO2/c15-11-7-5-10(6-8-11)9-16-13-4-2-1-3-12(13)14(17)18/h5-8,12-13,16H,1-4,9H2,(H,17,18)/t12-,13+/m1/s1. The summed E-state index contributed by atoms with van der Waals surface area (Å²) in [6.07, 6.45) is 3.87. The minimum atomic E-state index is -0.677. The number of halogens is 1. The van der Waals surface area contributed by atoms with Crippen LogP contribution in [0.4, 0.5) is 0 Å². The van der Waals surface area contributed by atoms with Crippen LogP contribution in [0.3, 0.4) is 0 Å². The van der Waals surface area contributed by atoms with Gasteiger partial charge in [0.2, 0.25) is 0 Å². The third-order valence-electron chi connectivity index (χ3n) is 3.56. The van der Waals surface area contributed by atoms with Crippen LogP contribution in [-0.4, -0.2) is 17.1 Å². The van der Waals surface area contributed by atoms with Crippen molar-refractivity contribution in [2.24, 2.45) is 5.92 Å². The van der Waals surface area contributed by atoms with Crippen LogP contribution >= 0.6 is 11.6 Å². The van der Waals surface area contributed by atoms with E-state index in [2.05, 4.69) is 5.32 Å². The highest BCUT2D eigenvalue weighted by atomic mass is 35.5. The Hall–Kier alpha value is -1.06. The Morgan fingerprint density at radius 1 is 1.28 bits per heavy atom. The minimum Gasteiger partial charge on any atom is -0.481 e. The second kappa shape index (κ2) is 6.21. The Kier molecular flexibility index (Phi) is 4.61. The number of benzene rings is 1. The van der Waals surface area contributed by atoms with Gasteiger partial charge in [0.05, 0.1) is 5.92 Å². The zero-order valence-corrected chi connectivity index (χ0v) is 11.0. The molecule has 4 heteroatoms. The molecule has 1 aliphatic rings. The molecule has 3 nitrogen and oxygen atoms in total. The van der Waals surface area contributed by atoms with Crippen LogP contribution < -0.4 is 5.32 Å². The van der Waals surface area contributed by atoms with Crippen LogP contribution in [0.1, 0.15) is 31.2 Å². The van der Waals surface area contributed by atoms with Crippen molar-refractivity contribution >= 4 is 17.6 Å². The molecule has 0 aromatic heterocycles. The molecule has 0 saturated heterocycles. The van der Waals surface area contributed by atoms with Gasteiger partial charge in [-0.1, -0.05) is 36.6 Å². The zero-order chi connectivity index (χ0) is 13.0. The molecule has 0 spiro atoms. The van der Waals surface area contributed by atoms with E-state index >= 15 is 0 Å². The molecule has 2 atom stereocenters. The molecule has 0 radical (unpaired) electrons. The van der Waals surface area contributed by atoms with E-state index < -0.39 is 5.97 Å². The Balaban J connectivity index is 1.91. The highest BCUT2D eigenvalue weighted by molar-refractivity contribution is 6.30. The average molecular weight is 268 g/mol. The van der Waals surface area contributed by atoms with Crippen molar-refractivity contribution < 1.29 is 9.90 Å². The van der Waals surface area contributed by atoms with Crippen molar-refractivity contribution in [1.82, 2.24) is 5.32 Å². The molecule has 0 unspecified atom stereocenters. The first-order valence-corrected chi connectivity index (χ1v) is 6.75. The number of nitrogens with one attached hydrogen (secondary N) is 1. The second-order valence-corrected chi connectivity index (χ2v) is 5.28. The monoisotopic (exact) mass is 267 g/mol. The number of aliphatic carboxylic acids is 1. The Morgan fingerprint density at radius 3 is 2.61 bits per heavy atom. The SMILES string of the molecule is O=C(O)[C@@H]1CCCC[C@@H]1NCc1ccc(Cl)cc1. The van der Waals surface area contributed by atoms with E-state index in [4.69, 9.17) is 11.6 Å². The van der Waals surface area contributed by atoms with Crippen molar-refractivity contribution in [2.45, 2.75) is 38.3 Å². The van der Waals surface area contributed by atoms with Crippen LogP contribution in [-0.2, 0) is 11.3 Å². The van der Waals surface area contributed by atoms with Gasteiger partial charge in [0.15, 0.2) is 0 Å².